The molecule has 4 aliphatic rings. The summed E-state index contributed by atoms with van der Waals surface area (Å²) in [6, 6.07) is 0. The zero-order valence-electron chi connectivity index (χ0n) is 15.2. The molecule has 24 heavy (non-hydrogen) atoms. The molecule has 0 spiro atoms. The zero-order valence-corrected chi connectivity index (χ0v) is 15.2. The van der Waals surface area contributed by atoms with Gasteiger partial charge in [0.05, 0.1) is 18.8 Å². The van der Waals surface area contributed by atoms with Crippen molar-refractivity contribution in [1.29, 1.82) is 0 Å². The molecule has 1 aliphatic heterocycles. The second-order valence-corrected chi connectivity index (χ2v) is 9.76. The van der Waals surface area contributed by atoms with Gasteiger partial charge in [-0.15, -0.1) is 0 Å². The lowest BCUT2D eigenvalue weighted by molar-refractivity contribution is -0.222. The highest BCUT2D eigenvalue weighted by Gasteiger charge is 2.68. The molecule has 134 valence electrons. The van der Waals surface area contributed by atoms with Gasteiger partial charge in [0.2, 0.25) is 0 Å². The Balaban J connectivity index is 1.86. The molecule has 7 atom stereocenters. The first-order valence-corrected chi connectivity index (χ1v) is 9.37. The Morgan fingerprint density at radius 3 is 2.58 bits per heavy atom. The molecule has 0 radical (unpaired) electrons. The summed E-state index contributed by atoms with van der Waals surface area (Å²) >= 11 is 0. The van der Waals surface area contributed by atoms with Crippen LogP contribution < -0.4 is 0 Å². The predicted octanol–water partition coefficient (Wildman–Crippen LogP) is 2.68. The number of carbonyl (C=O) groups is 1. The number of cyclic esters (lactones) is 1. The molecule has 0 aromatic heterocycles. The fourth-order valence-electron chi connectivity index (χ4n) is 7.18. The van der Waals surface area contributed by atoms with Crippen LogP contribution in [0.1, 0.15) is 53.4 Å². The molecule has 0 aromatic carbocycles. The van der Waals surface area contributed by atoms with Crippen molar-refractivity contribution in [2.45, 2.75) is 65.6 Å². The van der Waals surface area contributed by atoms with Crippen molar-refractivity contribution in [3.05, 3.63) is 11.6 Å². The van der Waals surface area contributed by atoms with Crippen LogP contribution in [0, 0.1) is 34.0 Å². The van der Waals surface area contributed by atoms with Gasteiger partial charge in [0.15, 0.2) is 0 Å². The van der Waals surface area contributed by atoms with Crippen LogP contribution in [-0.4, -0.2) is 35.0 Å². The lowest BCUT2D eigenvalue weighted by atomic mass is 9.38. The summed E-state index contributed by atoms with van der Waals surface area (Å²) in [6.07, 6.45) is 4.68. The van der Waals surface area contributed by atoms with E-state index >= 15 is 0 Å². The zero-order chi connectivity index (χ0) is 17.5. The van der Waals surface area contributed by atoms with Crippen molar-refractivity contribution in [2.24, 2.45) is 34.0 Å². The number of aliphatic hydroxyl groups is 2. The van der Waals surface area contributed by atoms with Crippen LogP contribution in [0.4, 0.5) is 0 Å². The Hall–Kier alpha value is -0.870. The smallest absolute Gasteiger partial charge is 0.334 e. The first-order valence-electron chi connectivity index (χ1n) is 9.37. The van der Waals surface area contributed by atoms with Crippen LogP contribution in [0.2, 0.25) is 0 Å². The lowest BCUT2D eigenvalue weighted by Gasteiger charge is -2.66. The molecule has 4 rings (SSSR count). The third-order valence-corrected chi connectivity index (χ3v) is 8.27. The Kier molecular flexibility index (Phi) is 3.35. The Morgan fingerprint density at radius 1 is 1.17 bits per heavy atom. The Morgan fingerprint density at radius 2 is 1.88 bits per heavy atom. The van der Waals surface area contributed by atoms with Gasteiger partial charge < -0.3 is 14.9 Å². The standard InChI is InChI=1S/C20H30O4/c1-18(2)6-5-7-19(3)14(18)9-15(22)20(4)12-10-24-17(23)11(12)8-13(21)16(19)20/h8,12-16,21-22H,5-7,9-10H2,1-4H3/t12-,13+,14+,15+,16-,19+,20-/m1/s1. The third kappa shape index (κ3) is 1.84. The molecule has 1 saturated heterocycles. The summed E-state index contributed by atoms with van der Waals surface area (Å²) in [7, 11) is 0. The van der Waals surface area contributed by atoms with Gasteiger partial charge in [-0.3, -0.25) is 0 Å². The molecule has 0 unspecified atom stereocenters. The SMILES string of the molecule is CC1(C)CCC[C@]2(C)[C@H]3[C@@H](O)C=C4C(=O)OC[C@H]4[C@]3(C)[C@@H](O)C[C@@H]12. The van der Waals surface area contributed by atoms with Crippen LogP contribution in [0.15, 0.2) is 11.6 Å². The molecule has 0 amide bonds. The van der Waals surface area contributed by atoms with E-state index in [2.05, 4.69) is 27.7 Å². The van der Waals surface area contributed by atoms with Gasteiger partial charge in [0.25, 0.3) is 0 Å². The minimum Gasteiger partial charge on any atom is -0.462 e. The quantitative estimate of drug-likeness (QED) is 0.669. The average Bonchev–Trinajstić information content (AvgIpc) is 2.83. The van der Waals surface area contributed by atoms with Crippen molar-refractivity contribution in [3.63, 3.8) is 0 Å². The third-order valence-electron chi connectivity index (χ3n) is 8.27. The van der Waals surface area contributed by atoms with E-state index < -0.39 is 17.6 Å². The number of hydrogen-bond acceptors (Lipinski definition) is 4. The fourth-order valence-corrected chi connectivity index (χ4v) is 7.18. The van der Waals surface area contributed by atoms with Crippen molar-refractivity contribution in [3.8, 4) is 0 Å². The first kappa shape index (κ1) is 16.6. The van der Waals surface area contributed by atoms with Crippen molar-refractivity contribution in [2.75, 3.05) is 6.61 Å². The molecule has 4 nitrogen and oxygen atoms in total. The fraction of sp³-hybridized carbons (Fsp3) is 0.850. The summed E-state index contributed by atoms with van der Waals surface area (Å²) in [6.45, 7) is 9.35. The number of carbonyl (C=O) groups excluding carboxylic acids is 1. The highest BCUT2D eigenvalue weighted by atomic mass is 16.5. The van der Waals surface area contributed by atoms with Crippen molar-refractivity contribution in [1.82, 2.24) is 0 Å². The van der Waals surface area contributed by atoms with E-state index in [-0.39, 0.29) is 28.6 Å². The van der Waals surface area contributed by atoms with Crippen LogP contribution in [0.5, 0.6) is 0 Å². The predicted molar refractivity (Wildman–Crippen MR) is 90.0 cm³/mol. The minimum absolute atomic E-state index is 0.0250. The van der Waals surface area contributed by atoms with E-state index in [1.807, 2.05) is 0 Å². The monoisotopic (exact) mass is 334 g/mol. The molecule has 1 heterocycles. The van der Waals surface area contributed by atoms with Crippen LogP contribution in [0.3, 0.4) is 0 Å². The highest BCUT2D eigenvalue weighted by Crippen LogP contribution is 2.68. The number of aliphatic hydroxyl groups excluding tert-OH is 2. The lowest BCUT2D eigenvalue weighted by Crippen LogP contribution is -2.66. The van der Waals surface area contributed by atoms with Crippen molar-refractivity contribution >= 4 is 5.97 Å². The van der Waals surface area contributed by atoms with E-state index in [0.717, 1.165) is 19.3 Å². The number of esters is 1. The first-order chi connectivity index (χ1) is 11.1. The van der Waals surface area contributed by atoms with E-state index in [9.17, 15) is 15.0 Å². The molecule has 0 bridgehead atoms. The summed E-state index contributed by atoms with van der Waals surface area (Å²) in [5.41, 5.74) is 0.218. The summed E-state index contributed by atoms with van der Waals surface area (Å²) in [5, 5.41) is 22.2. The number of fused-ring (bicyclic) bond motifs is 5. The van der Waals surface area contributed by atoms with Gasteiger partial charge in [-0.1, -0.05) is 34.1 Å². The van der Waals surface area contributed by atoms with Gasteiger partial charge >= 0.3 is 5.97 Å². The second kappa shape index (κ2) is 4.85. The van der Waals surface area contributed by atoms with Gasteiger partial charge in [-0.2, -0.15) is 0 Å². The second-order valence-electron chi connectivity index (χ2n) is 9.76. The largest absolute Gasteiger partial charge is 0.462 e. The molecular weight excluding hydrogens is 304 g/mol. The molecule has 4 heteroatoms. The molecule has 2 N–H and O–H groups in total. The van der Waals surface area contributed by atoms with E-state index in [1.165, 1.54) is 6.42 Å². The number of rotatable bonds is 0. The van der Waals surface area contributed by atoms with Crippen LogP contribution in [0.25, 0.3) is 0 Å². The summed E-state index contributed by atoms with van der Waals surface area (Å²) < 4.78 is 5.29. The van der Waals surface area contributed by atoms with E-state index in [0.29, 0.717) is 18.1 Å². The maximum atomic E-state index is 12.1. The van der Waals surface area contributed by atoms with Crippen molar-refractivity contribution < 1.29 is 19.7 Å². The Bertz CT molecular complexity index is 609. The number of hydrogen-bond donors (Lipinski definition) is 2. The molecular formula is C20H30O4. The van der Waals surface area contributed by atoms with Gasteiger partial charge in [-0.25, -0.2) is 4.79 Å². The van der Waals surface area contributed by atoms with E-state index in [1.54, 1.807) is 6.08 Å². The van der Waals surface area contributed by atoms with Gasteiger partial charge in [0.1, 0.15) is 0 Å². The number of ether oxygens (including phenoxy) is 1. The average molecular weight is 334 g/mol. The normalized spacial score (nSPS) is 52.7. The van der Waals surface area contributed by atoms with Gasteiger partial charge in [-0.05, 0) is 42.1 Å². The van der Waals surface area contributed by atoms with Gasteiger partial charge in [0, 0.05) is 22.8 Å². The van der Waals surface area contributed by atoms with Crippen LogP contribution in [-0.2, 0) is 9.53 Å². The minimum atomic E-state index is -0.691. The molecule has 2 saturated carbocycles. The van der Waals surface area contributed by atoms with E-state index in [4.69, 9.17) is 4.74 Å². The maximum absolute atomic E-state index is 12.1. The summed E-state index contributed by atoms with van der Waals surface area (Å²) in [4.78, 5) is 12.1. The topological polar surface area (TPSA) is 66.8 Å². The molecule has 3 fully saturated rings. The maximum Gasteiger partial charge on any atom is 0.334 e. The molecule has 3 aliphatic carbocycles. The summed E-state index contributed by atoms with van der Waals surface area (Å²) in [5.74, 6) is -0.0746. The van der Waals surface area contributed by atoms with Crippen LogP contribution >= 0.6 is 0 Å². The Labute approximate surface area is 144 Å². The highest BCUT2D eigenvalue weighted by molar-refractivity contribution is 5.91. The molecule has 0 aromatic rings.